The van der Waals surface area contributed by atoms with Gasteiger partial charge >= 0.3 is 0 Å². The van der Waals surface area contributed by atoms with Crippen molar-refractivity contribution < 1.29 is 4.74 Å². The minimum atomic E-state index is 0.399. The Morgan fingerprint density at radius 1 is 0.938 bits per heavy atom. The van der Waals surface area contributed by atoms with Gasteiger partial charge in [-0.15, -0.1) is 11.6 Å². The van der Waals surface area contributed by atoms with Crippen molar-refractivity contribution in [2.24, 2.45) is 0 Å². The molecule has 8 heteroatoms. The Morgan fingerprint density at radius 3 is 2.53 bits per heavy atom. The van der Waals surface area contributed by atoms with Crippen LogP contribution in [0.4, 0.5) is 5.82 Å². The molecule has 0 aliphatic carbocycles. The number of nitrogens with zero attached hydrogens (tertiary/aromatic N) is 5. The number of benzene rings is 1. The van der Waals surface area contributed by atoms with Crippen molar-refractivity contribution >= 4 is 28.6 Å². The molecular weight excluding hydrogens is 424 g/mol. The van der Waals surface area contributed by atoms with Crippen LogP contribution in [0.25, 0.3) is 39.6 Å². The van der Waals surface area contributed by atoms with E-state index in [0.29, 0.717) is 40.3 Å². The van der Waals surface area contributed by atoms with Gasteiger partial charge in [0, 0.05) is 30.0 Å². The van der Waals surface area contributed by atoms with Crippen molar-refractivity contribution in [2.45, 2.75) is 5.88 Å². The Labute approximate surface area is 189 Å². The number of pyridine rings is 3. The first-order chi connectivity index (χ1) is 15.7. The van der Waals surface area contributed by atoms with Crippen LogP contribution < -0.4 is 10.5 Å². The van der Waals surface area contributed by atoms with E-state index < -0.39 is 0 Å². The molecule has 7 nitrogen and oxygen atoms in total. The van der Waals surface area contributed by atoms with Gasteiger partial charge in [0.25, 0.3) is 0 Å². The molecule has 0 aliphatic rings. The number of aromatic nitrogens is 5. The van der Waals surface area contributed by atoms with E-state index in [1.54, 1.807) is 25.6 Å². The number of methoxy groups -OCH3 is 1. The summed E-state index contributed by atoms with van der Waals surface area (Å²) >= 11 is 5.99. The first-order valence-corrected chi connectivity index (χ1v) is 10.5. The highest BCUT2D eigenvalue weighted by Gasteiger charge is 2.19. The van der Waals surface area contributed by atoms with Gasteiger partial charge in [-0.1, -0.05) is 12.1 Å². The molecule has 1 aromatic carbocycles. The van der Waals surface area contributed by atoms with E-state index in [1.165, 1.54) is 0 Å². The molecule has 4 aromatic heterocycles. The van der Waals surface area contributed by atoms with Crippen LogP contribution in [0, 0.1) is 0 Å². The first kappa shape index (κ1) is 20.0. The van der Waals surface area contributed by atoms with E-state index >= 15 is 0 Å². The van der Waals surface area contributed by atoms with Gasteiger partial charge in [0.2, 0.25) is 0 Å². The number of nitrogen functional groups attached to an aromatic ring is 1. The Balaban J connectivity index is 1.77. The lowest BCUT2D eigenvalue weighted by Gasteiger charge is -2.11. The van der Waals surface area contributed by atoms with Crippen LogP contribution in [-0.2, 0) is 5.88 Å². The summed E-state index contributed by atoms with van der Waals surface area (Å²) in [5, 5.41) is 0. The van der Waals surface area contributed by atoms with E-state index in [-0.39, 0.29) is 0 Å². The maximum Gasteiger partial charge on any atom is 0.165 e. The minimum absolute atomic E-state index is 0.399. The standard InChI is InChI=1S/C24H19ClN6O/c1-32-17-10-12-27-21(13-17)19-8-9-20-24(29-19)31(16-6-4-15(14-25)5-7-16)23(30-20)18-3-2-11-28-22(18)26/h2-13H,14H2,1H3,(H2,26,28). The van der Waals surface area contributed by atoms with Crippen molar-refractivity contribution in [1.82, 2.24) is 24.5 Å². The third-order valence-corrected chi connectivity index (χ3v) is 5.47. The van der Waals surface area contributed by atoms with Gasteiger partial charge < -0.3 is 10.5 Å². The van der Waals surface area contributed by atoms with Crippen LogP contribution in [0.3, 0.4) is 0 Å². The average Bonchev–Trinajstić information content (AvgIpc) is 3.23. The van der Waals surface area contributed by atoms with Crippen molar-refractivity contribution in [3.05, 3.63) is 78.6 Å². The van der Waals surface area contributed by atoms with Crippen molar-refractivity contribution in [2.75, 3.05) is 12.8 Å². The highest BCUT2D eigenvalue weighted by Crippen LogP contribution is 2.32. The molecule has 0 saturated carbocycles. The smallest absolute Gasteiger partial charge is 0.165 e. The maximum absolute atomic E-state index is 6.19. The zero-order valence-corrected chi connectivity index (χ0v) is 18.0. The molecule has 5 rings (SSSR count). The molecule has 32 heavy (non-hydrogen) atoms. The molecule has 0 amide bonds. The Morgan fingerprint density at radius 2 is 1.78 bits per heavy atom. The van der Waals surface area contributed by atoms with Crippen LogP contribution >= 0.6 is 11.6 Å². The monoisotopic (exact) mass is 442 g/mol. The molecule has 0 saturated heterocycles. The minimum Gasteiger partial charge on any atom is -0.497 e. The fraction of sp³-hybridized carbons (Fsp3) is 0.0833. The predicted molar refractivity (Wildman–Crippen MR) is 126 cm³/mol. The summed E-state index contributed by atoms with van der Waals surface area (Å²) in [6, 6.07) is 19.2. The highest BCUT2D eigenvalue weighted by atomic mass is 35.5. The third-order valence-electron chi connectivity index (χ3n) is 5.16. The Bertz CT molecular complexity index is 1410. The summed E-state index contributed by atoms with van der Waals surface area (Å²) < 4.78 is 7.31. The molecule has 5 aromatic rings. The number of ether oxygens (including phenoxy) is 1. The molecule has 0 unspecified atom stereocenters. The van der Waals surface area contributed by atoms with Gasteiger partial charge in [-0.2, -0.15) is 0 Å². The fourth-order valence-electron chi connectivity index (χ4n) is 3.54. The van der Waals surface area contributed by atoms with Gasteiger partial charge in [-0.25, -0.2) is 15.0 Å². The summed E-state index contributed by atoms with van der Waals surface area (Å²) in [7, 11) is 1.62. The van der Waals surface area contributed by atoms with Crippen molar-refractivity contribution in [1.29, 1.82) is 0 Å². The largest absolute Gasteiger partial charge is 0.497 e. The quantitative estimate of drug-likeness (QED) is 0.390. The van der Waals surface area contributed by atoms with E-state index in [0.717, 1.165) is 22.3 Å². The number of nitrogens with two attached hydrogens (primary N) is 1. The van der Waals surface area contributed by atoms with Gasteiger partial charge in [0.1, 0.15) is 17.1 Å². The number of imidazole rings is 1. The summed E-state index contributed by atoms with van der Waals surface area (Å²) in [4.78, 5) is 18.4. The molecule has 0 aliphatic heterocycles. The summed E-state index contributed by atoms with van der Waals surface area (Å²) in [5.74, 6) is 2.21. The summed E-state index contributed by atoms with van der Waals surface area (Å²) in [6.07, 6.45) is 3.36. The molecule has 0 fully saturated rings. The second-order valence-electron chi connectivity index (χ2n) is 7.13. The zero-order valence-electron chi connectivity index (χ0n) is 17.2. The Kier molecular flexibility index (Phi) is 5.17. The van der Waals surface area contributed by atoms with Crippen molar-refractivity contribution in [3.8, 4) is 34.2 Å². The SMILES string of the molecule is COc1ccnc(-c2ccc3nc(-c4cccnc4N)n(-c4ccc(CCl)cc4)c3n2)c1. The van der Waals surface area contributed by atoms with E-state index in [9.17, 15) is 0 Å². The second-order valence-corrected chi connectivity index (χ2v) is 7.39. The molecular formula is C24H19ClN6O. The molecule has 0 spiro atoms. The number of anilines is 1. The lowest BCUT2D eigenvalue weighted by molar-refractivity contribution is 0.414. The van der Waals surface area contributed by atoms with Gasteiger partial charge in [0.15, 0.2) is 11.5 Å². The lowest BCUT2D eigenvalue weighted by atomic mass is 10.2. The number of hydrogen-bond acceptors (Lipinski definition) is 6. The van der Waals surface area contributed by atoms with Gasteiger partial charge in [-0.05, 0) is 48.0 Å². The number of fused-ring (bicyclic) bond motifs is 1. The molecule has 0 atom stereocenters. The van der Waals surface area contributed by atoms with Crippen LogP contribution in [0.15, 0.2) is 73.1 Å². The van der Waals surface area contributed by atoms with E-state index in [2.05, 4.69) is 9.97 Å². The fourth-order valence-corrected chi connectivity index (χ4v) is 3.72. The zero-order chi connectivity index (χ0) is 22.1. The average molecular weight is 443 g/mol. The molecule has 4 heterocycles. The van der Waals surface area contributed by atoms with Crippen LogP contribution in [-0.4, -0.2) is 31.6 Å². The van der Waals surface area contributed by atoms with E-state index in [4.69, 9.17) is 32.0 Å². The normalized spacial score (nSPS) is 11.1. The van der Waals surface area contributed by atoms with Gasteiger partial charge in [-0.3, -0.25) is 9.55 Å². The third kappa shape index (κ3) is 3.52. The van der Waals surface area contributed by atoms with Crippen LogP contribution in [0.5, 0.6) is 5.75 Å². The second kappa shape index (κ2) is 8.28. The topological polar surface area (TPSA) is 91.7 Å². The van der Waals surface area contributed by atoms with E-state index in [1.807, 2.05) is 59.2 Å². The predicted octanol–water partition coefficient (Wildman–Crippen LogP) is 4.87. The number of halogens is 1. The number of alkyl halides is 1. The highest BCUT2D eigenvalue weighted by molar-refractivity contribution is 6.17. The van der Waals surface area contributed by atoms with Crippen molar-refractivity contribution in [3.63, 3.8) is 0 Å². The van der Waals surface area contributed by atoms with Crippen LogP contribution in [0.1, 0.15) is 5.56 Å². The van der Waals surface area contributed by atoms with Crippen LogP contribution in [0.2, 0.25) is 0 Å². The first-order valence-electron chi connectivity index (χ1n) is 9.94. The lowest BCUT2D eigenvalue weighted by Crippen LogP contribution is -2.02. The molecule has 158 valence electrons. The number of rotatable bonds is 5. The molecule has 0 bridgehead atoms. The van der Waals surface area contributed by atoms with Gasteiger partial charge in [0.05, 0.1) is 24.1 Å². The Hall–Kier alpha value is -3.97. The number of hydrogen-bond donors (Lipinski definition) is 1. The summed E-state index contributed by atoms with van der Waals surface area (Å²) in [5.41, 5.74) is 11.7. The maximum atomic E-state index is 6.19. The molecule has 0 radical (unpaired) electrons. The summed E-state index contributed by atoms with van der Waals surface area (Å²) in [6.45, 7) is 0. The molecule has 2 N–H and O–H groups in total.